The van der Waals surface area contributed by atoms with E-state index in [0.717, 1.165) is 30.7 Å². The van der Waals surface area contributed by atoms with Crippen LogP contribution in [0, 0.1) is 0 Å². The van der Waals surface area contributed by atoms with Gasteiger partial charge in [-0.2, -0.15) is 0 Å². The Hall–Kier alpha value is -0.420. The highest BCUT2D eigenvalue weighted by Crippen LogP contribution is 2.17. The van der Waals surface area contributed by atoms with Crippen LogP contribution in [0.5, 0.6) is 0 Å². The van der Waals surface area contributed by atoms with Crippen molar-refractivity contribution in [3.63, 3.8) is 0 Å². The van der Waals surface area contributed by atoms with Crippen molar-refractivity contribution >= 4 is 15.9 Å². The molecule has 0 bridgehead atoms. The SMILES string of the molecule is CC(C)N1CCOC(CN[C@H](C)c2ccc(Br)cc2)C1. The fraction of sp³-hybridized carbons (Fsp3) is 0.625. The number of benzene rings is 1. The minimum Gasteiger partial charge on any atom is -0.374 e. The van der Waals surface area contributed by atoms with Gasteiger partial charge in [0.1, 0.15) is 0 Å². The van der Waals surface area contributed by atoms with E-state index in [1.165, 1.54) is 5.56 Å². The maximum Gasteiger partial charge on any atom is 0.0827 e. The lowest BCUT2D eigenvalue weighted by Gasteiger charge is -2.36. The Bertz CT molecular complexity index is 407. The van der Waals surface area contributed by atoms with Gasteiger partial charge in [-0.1, -0.05) is 28.1 Å². The van der Waals surface area contributed by atoms with Crippen molar-refractivity contribution < 1.29 is 4.74 Å². The number of morpholine rings is 1. The van der Waals surface area contributed by atoms with Crippen molar-refractivity contribution in [1.29, 1.82) is 0 Å². The van der Waals surface area contributed by atoms with Gasteiger partial charge in [0.05, 0.1) is 12.7 Å². The fourth-order valence-corrected chi connectivity index (χ4v) is 2.78. The minimum absolute atomic E-state index is 0.295. The van der Waals surface area contributed by atoms with Gasteiger partial charge >= 0.3 is 0 Å². The Morgan fingerprint density at radius 3 is 2.65 bits per heavy atom. The van der Waals surface area contributed by atoms with E-state index in [9.17, 15) is 0 Å². The number of hydrogen-bond acceptors (Lipinski definition) is 3. The number of nitrogens with one attached hydrogen (secondary N) is 1. The quantitative estimate of drug-likeness (QED) is 0.890. The molecule has 0 aromatic heterocycles. The number of nitrogens with zero attached hydrogens (tertiary/aromatic N) is 1. The van der Waals surface area contributed by atoms with Crippen LogP contribution in [0.2, 0.25) is 0 Å². The van der Waals surface area contributed by atoms with Crippen LogP contribution in [0.1, 0.15) is 32.4 Å². The molecule has 112 valence electrons. The number of rotatable bonds is 5. The van der Waals surface area contributed by atoms with Gasteiger partial charge in [0.15, 0.2) is 0 Å². The van der Waals surface area contributed by atoms with Crippen LogP contribution in [0.25, 0.3) is 0 Å². The molecule has 0 aliphatic carbocycles. The van der Waals surface area contributed by atoms with Crippen molar-refractivity contribution in [2.24, 2.45) is 0 Å². The number of hydrogen-bond donors (Lipinski definition) is 1. The van der Waals surface area contributed by atoms with E-state index in [1.807, 2.05) is 0 Å². The zero-order chi connectivity index (χ0) is 14.5. The summed E-state index contributed by atoms with van der Waals surface area (Å²) < 4.78 is 6.97. The summed E-state index contributed by atoms with van der Waals surface area (Å²) in [7, 11) is 0. The molecule has 1 aromatic rings. The van der Waals surface area contributed by atoms with E-state index in [-0.39, 0.29) is 0 Å². The highest BCUT2D eigenvalue weighted by atomic mass is 79.9. The van der Waals surface area contributed by atoms with E-state index in [4.69, 9.17) is 4.74 Å². The van der Waals surface area contributed by atoms with E-state index < -0.39 is 0 Å². The van der Waals surface area contributed by atoms with Gasteiger partial charge < -0.3 is 10.1 Å². The van der Waals surface area contributed by atoms with Gasteiger partial charge in [0.25, 0.3) is 0 Å². The molecular weight excluding hydrogens is 316 g/mol. The Kier molecular flexibility index (Phi) is 6.02. The maximum atomic E-state index is 5.85. The van der Waals surface area contributed by atoms with E-state index in [1.54, 1.807) is 0 Å². The molecule has 1 unspecified atom stereocenters. The van der Waals surface area contributed by atoms with E-state index in [2.05, 4.69) is 71.2 Å². The third-order valence-corrected chi connectivity index (χ3v) is 4.45. The average Bonchev–Trinajstić information content (AvgIpc) is 2.46. The summed E-state index contributed by atoms with van der Waals surface area (Å²) in [5.41, 5.74) is 1.31. The summed E-state index contributed by atoms with van der Waals surface area (Å²) in [6.45, 7) is 10.5. The smallest absolute Gasteiger partial charge is 0.0827 e. The zero-order valence-electron chi connectivity index (χ0n) is 12.6. The summed E-state index contributed by atoms with van der Waals surface area (Å²) in [6.07, 6.45) is 0.295. The highest BCUT2D eigenvalue weighted by Gasteiger charge is 2.22. The van der Waals surface area contributed by atoms with Crippen molar-refractivity contribution in [2.75, 3.05) is 26.2 Å². The fourth-order valence-electron chi connectivity index (χ4n) is 2.51. The van der Waals surface area contributed by atoms with Crippen LogP contribution in [0.4, 0.5) is 0 Å². The van der Waals surface area contributed by atoms with E-state index >= 15 is 0 Å². The topological polar surface area (TPSA) is 24.5 Å². The van der Waals surface area contributed by atoms with Crippen molar-refractivity contribution in [2.45, 2.75) is 39.0 Å². The van der Waals surface area contributed by atoms with Gasteiger partial charge in [-0.05, 0) is 38.5 Å². The molecule has 2 rings (SSSR count). The molecule has 1 aliphatic rings. The average molecular weight is 341 g/mol. The molecule has 1 N–H and O–H groups in total. The van der Waals surface area contributed by atoms with Gasteiger partial charge in [0, 0.05) is 36.2 Å². The molecule has 0 spiro atoms. The van der Waals surface area contributed by atoms with Gasteiger partial charge in [-0.25, -0.2) is 0 Å². The predicted octanol–water partition coefficient (Wildman–Crippen LogP) is 3.21. The molecule has 0 saturated carbocycles. The van der Waals surface area contributed by atoms with Gasteiger partial charge in [-0.3, -0.25) is 4.90 Å². The summed E-state index contributed by atoms with van der Waals surface area (Å²) in [4.78, 5) is 2.49. The molecule has 20 heavy (non-hydrogen) atoms. The summed E-state index contributed by atoms with van der Waals surface area (Å²) in [6, 6.07) is 9.44. The van der Waals surface area contributed by atoms with E-state index in [0.29, 0.717) is 18.2 Å². The third kappa shape index (κ3) is 4.55. The van der Waals surface area contributed by atoms with Gasteiger partial charge in [-0.15, -0.1) is 0 Å². The first-order chi connectivity index (χ1) is 9.56. The molecule has 4 heteroatoms. The molecule has 1 aliphatic heterocycles. The second kappa shape index (κ2) is 7.55. The van der Waals surface area contributed by atoms with Crippen LogP contribution in [0.3, 0.4) is 0 Å². The van der Waals surface area contributed by atoms with Crippen LogP contribution in [0.15, 0.2) is 28.7 Å². The monoisotopic (exact) mass is 340 g/mol. The second-order valence-electron chi connectivity index (χ2n) is 5.76. The van der Waals surface area contributed by atoms with Crippen LogP contribution in [-0.2, 0) is 4.74 Å². The van der Waals surface area contributed by atoms with Gasteiger partial charge in [0.2, 0.25) is 0 Å². The van der Waals surface area contributed by atoms with Crippen LogP contribution in [-0.4, -0.2) is 43.3 Å². The summed E-state index contributed by atoms with van der Waals surface area (Å²) in [5, 5.41) is 3.58. The molecule has 1 heterocycles. The first-order valence-corrected chi connectivity index (χ1v) is 8.20. The molecule has 0 radical (unpaired) electrons. The lowest BCUT2D eigenvalue weighted by Crippen LogP contribution is -2.49. The lowest BCUT2D eigenvalue weighted by atomic mass is 10.1. The summed E-state index contributed by atoms with van der Waals surface area (Å²) in [5.74, 6) is 0. The molecular formula is C16H25BrN2O. The molecule has 0 amide bonds. The largest absolute Gasteiger partial charge is 0.374 e. The molecule has 1 saturated heterocycles. The minimum atomic E-state index is 0.295. The number of ether oxygens (including phenoxy) is 1. The second-order valence-corrected chi connectivity index (χ2v) is 6.68. The van der Waals surface area contributed by atoms with Crippen molar-refractivity contribution in [1.82, 2.24) is 10.2 Å². The van der Waals surface area contributed by atoms with Crippen molar-refractivity contribution in [3.05, 3.63) is 34.3 Å². The molecule has 1 aromatic carbocycles. The first-order valence-electron chi connectivity index (χ1n) is 7.40. The Labute approximate surface area is 130 Å². The van der Waals surface area contributed by atoms with Crippen LogP contribution < -0.4 is 5.32 Å². The molecule has 2 atom stereocenters. The zero-order valence-corrected chi connectivity index (χ0v) is 14.2. The molecule has 3 nitrogen and oxygen atoms in total. The van der Waals surface area contributed by atoms with Crippen molar-refractivity contribution in [3.8, 4) is 0 Å². The Morgan fingerprint density at radius 1 is 1.30 bits per heavy atom. The Morgan fingerprint density at radius 2 is 2.00 bits per heavy atom. The highest BCUT2D eigenvalue weighted by molar-refractivity contribution is 9.10. The number of halogens is 1. The normalized spacial score (nSPS) is 22.1. The maximum absolute atomic E-state index is 5.85. The standard InChI is InChI=1S/C16H25BrN2O/c1-12(2)19-8-9-20-16(11-19)10-18-13(3)14-4-6-15(17)7-5-14/h4-7,12-13,16,18H,8-11H2,1-3H3/t13-,16?/m1/s1. The third-order valence-electron chi connectivity index (χ3n) is 3.92. The first kappa shape index (κ1) is 16.0. The molecule has 1 fully saturated rings. The van der Waals surface area contributed by atoms with Crippen LogP contribution >= 0.6 is 15.9 Å². The predicted molar refractivity (Wildman–Crippen MR) is 87.0 cm³/mol. The Balaban J connectivity index is 1.81. The lowest BCUT2D eigenvalue weighted by molar-refractivity contribution is -0.0379. The summed E-state index contributed by atoms with van der Waals surface area (Å²) >= 11 is 3.47.